The molecule has 0 spiro atoms. The van der Waals surface area contributed by atoms with Crippen LogP contribution >= 0.6 is 0 Å². The van der Waals surface area contributed by atoms with Crippen LogP contribution in [0.25, 0.3) is 0 Å². The molecule has 1 heterocycles. The quantitative estimate of drug-likeness (QED) is 0.832. The van der Waals surface area contributed by atoms with Gasteiger partial charge in [0, 0.05) is 32.8 Å². The largest absolute Gasteiger partial charge is 0.396 e. The molecule has 1 aromatic carbocycles. The Labute approximate surface area is 129 Å². The van der Waals surface area contributed by atoms with Crippen LogP contribution in [-0.4, -0.2) is 50.5 Å². The van der Waals surface area contributed by atoms with Gasteiger partial charge >= 0.3 is 0 Å². The summed E-state index contributed by atoms with van der Waals surface area (Å²) in [7, 11) is 3.13. The smallest absolute Gasteiger partial charge is 0.183 e. The molecule has 0 aromatic heterocycles. The Morgan fingerprint density at radius 3 is 2.64 bits per heavy atom. The molecule has 4 atom stereocenters. The Morgan fingerprint density at radius 2 is 2.00 bits per heavy atom. The van der Waals surface area contributed by atoms with E-state index in [0.717, 1.165) is 0 Å². The first-order chi connectivity index (χ1) is 10.7. The van der Waals surface area contributed by atoms with Gasteiger partial charge in [-0.05, 0) is 12.5 Å². The number of benzene rings is 1. The summed E-state index contributed by atoms with van der Waals surface area (Å²) in [6.07, 6.45) is -0.358. The lowest BCUT2D eigenvalue weighted by atomic mass is 9.99. The molecule has 124 valence electrons. The average molecular weight is 314 g/mol. The van der Waals surface area contributed by atoms with Crippen molar-refractivity contribution in [3.63, 3.8) is 0 Å². The fourth-order valence-electron chi connectivity index (χ4n) is 2.62. The maximum absolute atomic E-state index is 13.7. The van der Waals surface area contributed by atoms with Gasteiger partial charge in [-0.2, -0.15) is 0 Å². The van der Waals surface area contributed by atoms with Gasteiger partial charge in [0.15, 0.2) is 6.29 Å². The van der Waals surface area contributed by atoms with Gasteiger partial charge in [0.1, 0.15) is 11.9 Å². The molecule has 0 amide bonds. The standard InChI is InChI=1S/C16H23FO5/c1-19-15-9-14(13(7-8-18)22-16(15)20-2)21-10-11-5-3-4-6-12(11)17/h3-6,13-16,18H,7-10H2,1-2H3/t13-,14+,15-,16+/m1/s1. The minimum Gasteiger partial charge on any atom is -0.396 e. The summed E-state index contributed by atoms with van der Waals surface area (Å²) in [5, 5.41) is 9.18. The zero-order valence-electron chi connectivity index (χ0n) is 12.9. The molecule has 1 aromatic rings. The van der Waals surface area contributed by atoms with Crippen LogP contribution in [0.5, 0.6) is 0 Å². The molecule has 22 heavy (non-hydrogen) atoms. The van der Waals surface area contributed by atoms with Gasteiger partial charge in [-0.25, -0.2) is 4.39 Å². The molecule has 6 heteroatoms. The van der Waals surface area contributed by atoms with Crippen molar-refractivity contribution in [1.29, 1.82) is 0 Å². The van der Waals surface area contributed by atoms with Gasteiger partial charge in [0.25, 0.3) is 0 Å². The summed E-state index contributed by atoms with van der Waals surface area (Å²) >= 11 is 0. The average Bonchev–Trinajstić information content (AvgIpc) is 2.54. The molecule has 1 aliphatic rings. The Balaban J connectivity index is 2.01. The second-order valence-electron chi connectivity index (χ2n) is 5.24. The third-order valence-corrected chi connectivity index (χ3v) is 3.85. The van der Waals surface area contributed by atoms with E-state index in [0.29, 0.717) is 18.4 Å². The van der Waals surface area contributed by atoms with Crippen molar-refractivity contribution in [2.45, 2.75) is 44.1 Å². The molecule has 5 nitrogen and oxygen atoms in total. The number of rotatable bonds is 7. The van der Waals surface area contributed by atoms with Gasteiger partial charge < -0.3 is 24.1 Å². The summed E-state index contributed by atoms with van der Waals surface area (Å²) in [6, 6.07) is 6.50. The lowest BCUT2D eigenvalue weighted by Crippen LogP contribution is -2.50. The van der Waals surface area contributed by atoms with Crippen molar-refractivity contribution in [3.05, 3.63) is 35.6 Å². The number of aliphatic hydroxyl groups is 1. The molecule has 1 fully saturated rings. The molecule has 0 saturated carbocycles. The summed E-state index contributed by atoms with van der Waals surface area (Å²) < 4.78 is 35.9. The molecule has 0 radical (unpaired) electrons. The van der Waals surface area contributed by atoms with E-state index in [1.807, 2.05) is 0 Å². The highest BCUT2D eigenvalue weighted by Gasteiger charge is 2.38. The van der Waals surface area contributed by atoms with Gasteiger partial charge in [-0.3, -0.25) is 0 Å². The highest BCUT2D eigenvalue weighted by atomic mass is 19.1. The summed E-state index contributed by atoms with van der Waals surface area (Å²) in [5.74, 6) is -0.295. The van der Waals surface area contributed by atoms with Gasteiger partial charge in [-0.15, -0.1) is 0 Å². The fraction of sp³-hybridized carbons (Fsp3) is 0.625. The maximum Gasteiger partial charge on any atom is 0.183 e. The molecular weight excluding hydrogens is 291 g/mol. The van der Waals surface area contributed by atoms with Crippen molar-refractivity contribution in [2.75, 3.05) is 20.8 Å². The monoisotopic (exact) mass is 314 g/mol. The minimum atomic E-state index is -0.491. The molecule has 0 bridgehead atoms. The molecular formula is C16H23FO5. The van der Waals surface area contributed by atoms with E-state index in [1.165, 1.54) is 6.07 Å². The van der Waals surface area contributed by atoms with E-state index in [4.69, 9.17) is 18.9 Å². The van der Waals surface area contributed by atoms with Gasteiger partial charge in [-0.1, -0.05) is 18.2 Å². The van der Waals surface area contributed by atoms with Crippen LogP contribution in [0.2, 0.25) is 0 Å². The highest BCUT2D eigenvalue weighted by molar-refractivity contribution is 5.16. The third kappa shape index (κ3) is 4.24. The molecule has 1 N–H and O–H groups in total. The van der Waals surface area contributed by atoms with Crippen molar-refractivity contribution < 1.29 is 28.4 Å². The predicted octanol–water partition coefficient (Wildman–Crippen LogP) is 1.87. The van der Waals surface area contributed by atoms with Crippen molar-refractivity contribution >= 4 is 0 Å². The van der Waals surface area contributed by atoms with E-state index in [2.05, 4.69) is 0 Å². The Morgan fingerprint density at radius 1 is 1.23 bits per heavy atom. The zero-order valence-corrected chi connectivity index (χ0v) is 12.9. The topological polar surface area (TPSA) is 57.2 Å². The van der Waals surface area contributed by atoms with Crippen LogP contribution in [0.4, 0.5) is 4.39 Å². The van der Waals surface area contributed by atoms with Crippen molar-refractivity contribution in [1.82, 2.24) is 0 Å². The van der Waals surface area contributed by atoms with Crippen LogP contribution in [0.15, 0.2) is 24.3 Å². The summed E-state index contributed by atoms with van der Waals surface area (Å²) in [4.78, 5) is 0. The van der Waals surface area contributed by atoms with Gasteiger partial charge in [0.05, 0.1) is 18.8 Å². The molecule has 1 aliphatic heterocycles. The van der Waals surface area contributed by atoms with Gasteiger partial charge in [0.2, 0.25) is 0 Å². The van der Waals surface area contributed by atoms with Crippen LogP contribution in [0.3, 0.4) is 0 Å². The number of hydrogen-bond acceptors (Lipinski definition) is 5. The maximum atomic E-state index is 13.7. The van der Waals surface area contributed by atoms with Crippen LogP contribution < -0.4 is 0 Å². The normalized spacial score (nSPS) is 28.7. The number of halogens is 1. The Hall–Kier alpha value is -1.05. The number of ether oxygens (including phenoxy) is 4. The lowest BCUT2D eigenvalue weighted by molar-refractivity contribution is -0.271. The van der Waals surface area contributed by atoms with Crippen molar-refractivity contribution in [2.24, 2.45) is 0 Å². The SMILES string of the molecule is CO[C@H]1O[C@H](CCO)[C@@H](OCc2ccccc2F)C[C@H]1OC. The van der Waals surface area contributed by atoms with E-state index >= 15 is 0 Å². The van der Waals surface area contributed by atoms with E-state index in [-0.39, 0.29) is 37.3 Å². The van der Waals surface area contributed by atoms with Crippen molar-refractivity contribution in [3.8, 4) is 0 Å². The second kappa shape index (κ2) is 8.55. The summed E-state index contributed by atoms with van der Waals surface area (Å²) in [5.41, 5.74) is 0.494. The lowest BCUT2D eigenvalue weighted by Gasteiger charge is -2.39. The highest BCUT2D eigenvalue weighted by Crippen LogP contribution is 2.27. The molecule has 2 rings (SSSR count). The minimum absolute atomic E-state index is 0.0156. The summed E-state index contributed by atoms with van der Waals surface area (Å²) in [6.45, 7) is 0.134. The third-order valence-electron chi connectivity index (χ3n) is 3.85. The van der Waals surface area contributed by atoms with E-state index < -0.39 is 6.29 Å². The van der Waals surface area contributed by atoms with Crippen LogP contribution in [0.1, 0.15) is 18.4 Å². The van der Waals surface area contributed by atoms with Crippen LogP contribution in [0, 0.1) is 5.82 Å². The second-order valence-corrected chi connectivity index (χ2v) is 5.24. The molecule has 0 aliphatic carbocycles. The number of aliphatic hydroxyl groups excluding tert-OH is 1. The van der Waals surface area contributed by atoms with Crippen LogP contribution in [-0.2, 0) is 25.6 Å². The number of hydrogen-bond donors (Lipinski definition) is 1. The Bertz CT molecular complexity index is 456. The number of methoxy groups -OCH3 is 2. The predicted molar refractivity (Wildman–Crippen MR) is 77.8 cm³/mol. The van der Waals surface area contributed by atoms with E-state index in [1.54, 1.807) is 32.4 Å². The van der Waals surface area contributed by atoms with E-state index in [9.17, 15) is 9.50 Å². The zero-order chi connectivity index (χ0) is 15.9. The first kappa shape index (κ1) is 17.3. The molecule has 1 saturated heterocycles. The Kier molecular flexibility index (Phi) is 6.72. The first-order valence-corrected chi connectivity index (χ1v) is 7.36. The fourth-order valence-corrected chi connectivity index (χ4v) is 2.62. The first-order valence-electron chi connectivity index (χ1n) is 7.36. The molecule has 0 unspecified atom stereocenters.